The van der Waals surface area contributed by atoms with Crippen LogP contribution in [0, 0.1) is 0 Å². The largest absolute Gasteiger partial charge is 0.448 e. The standard InChI is InChI=1S/C18H37N5O5.2ClH/c1-3-5-7-21-17(25)27-13-11-23(10-9-20-16(24)15-19)12-14-28-18(26)22-8-6-4-2;;/h3-15,19H2,1-2H3,(H,20,24)(H,21,25)(H,22,26);2*1H. The third-order valence-electron chi connectivity index (χ3n) is 3.82. The third kappa shape index (κ3) is 21.2. The fourth-order valence-electron chi connectivity index (χ4n) is 2.13. The predicted octanol–water partition coefficient (Wildman–Crippen LogP) is 1.26. The van der Waals surface area contributed by atoms with Crippen LogP contribution in [0.4, 0.5) is 9.59 Å². The highest BCUT2D eigenvalue weighted by molar-refractivity contribution is 5.85. The molecule has 0 aromatic carbocycles. The van der Waals surface area contributed by atoms with E-state index in [1.165, 1.54) is 0 Å². The van der Waals surface area contributed by atoms with Gasteiger partial charge in [0.15, 0.2) is 0 Å². The van der Waals surface area contributed by atoms with E-state index >= 15 is 0 Å². The number of alkyl carbamates (subject to hydrolysis) is 2. The number of nitrogens with one attached hydrogen (secondary N) is 3. The summed E-state index contributed by atoms with van der Waals surface area (Å²) in [5.74, 6) is -0.238. The van der Waals surface area contributed by atoms with Crippen LogP contribution in [0.1, 0.15) is 39.5 Å². The minimum Gasteiger partial charge on any atom is -0.448 e. The molecule has 0 radical (unpaired) electrons. The molecule has 0 aliphatic rings. The number of amides is 3. The van der Waals surface area contributed by atoms with Crippen molar-refractivity contribution in [2.75, 3.05) is 59.0 Å². The van der Waals surface area contributed by atoms with Gasteiger partial charge in [-0.25, -0.2) is 9.59 Å². The van der Waals surface area contributed by atoms with Crippen LogP contribution in [0.25, 0.3) is 0 Å². The first-order valence-corrected chi connectivity index (χ1v) is 10.0. The second-order valence-corrected chi connectivity index (χ2v) is 6.23. The fourth-order valence-corrected chi connectivity index (χ4v) is 2.13. The molecule has 0 aliphatic heterocycles. The topological polar surface area (TPSA) is 135 Å². The van der Waals surface area contributed by atoms with Crippen LogP contribution < -0.4 is 21.7 Å². The predicted molar refractivity (Wildman–Crippen MR) is 122 cm³/mol. The van der Waals surface area contributed by atoms with Crippen molar-refractivity contribution in [1.29, 1.82) is 0 Å². The first-order valence-electron chi connectivity index (χ1n) is 10.0. The molecule has 0 saturated carbocycles. The molecule has 0 heterocycles. The summed E-state index contributed by atoms with van der Waals surface area (Å²) in [4.78, 5) is 36.3. The van der Waals surface area contributed by atoms with Crippen molar-refractivity contribution < 1.29 is 23.9 Å². The lowest BCUT2D eigenvalue weighted by Gasteiger charge is -2.22. The van der Waals surface area contributed by atoms with E-state index < -0.39 is 12.2 Å². The molecular weight excluding hydrogens is 437 g/mol. The van der Waals surface area contributed by atoms with E-state index in [0.29, 0.717) is 39.3 Å². The Kier molecular flexibility index (Phi) is 26.3. The summed E-state index contributed by atoms with van der Waals surface area (Å²) in [6.45, 7) is 7.44. The minimum atomic E-state index is -0.448. The molecule has 10 nitrogen and oxygen atoms in total. The quantitative estimate of drug-likeness (QED) is 0.246. The molecule has 0 saturated heterocycles. The van der Waals surface area contributed by atoms with Gasteiger partial charge in [-0.3, -0.25) is 9.69 Å². The summed E-state index contributed by atoms with van der Waals surface area (Å²) in [5.41, 5.74) is 5.26. The monoisotopic (exact) mass is 475 g/mol. The number of carbonyl (C=O) groups is 3. The number of hydrogen-bond donors (Lipinski definition) is 4. The first kappa shape index (κ1) is 33.2. The van der Waals surface area contributed by atoms with Crippen molar-refractivity contribution in [3.8, 4) is 0 Å². The summed E-state index contributed by atoms with van der Waals surface area (Å²) in [6.07, 6.45) is 2.90. The average Bonchev–Trinajstić information content (AvgIpc) is 2.67. The molecule has 0 aromatic heterocycles. The Morgan fingerprint density at radius 2 is 1.23 bits per heavy atom. The normalized spacial score (nSPS) is 9.73. The molecule has 0 atom stereocenters. The smallest absolute Gasteiger partial charge is 0.407 e. The molecule has 0 aliphatic carbocycles. The van der Waals surface area contributed by atoms with Crippen molar-refractivity contribution in [1.82, 2.24) is 20.9 Å². The summed E-state index contributed by atoms with van der Waals surface area (Å²) < 4.78 is 10.3. The highest BCUT2D eigenvalue weighted by Crippen LogP contribution is 1.92. The maximum atomic E-state index is 11.6. The molecule has 0 bridgehead atoms. The van der Waals surface area contributed by atoms with Crippen LogP contribution in [0.5, 0.6) is 0 Å². The van der Waals surface area contributed by atoms with Crippen molar-refractivity contribution >= 4 is 42.9 Å². The van der Waals surface area contributed by atoms with Crippen LogP contribution in [0.3, 0.4) is 0 Å². The zero-order valence-electron chi connectivity index (χ0n) is 18.1. The van der Waals surface area contributed by atoms with Gasteiger partial charge in [-0.1, -0.05) is 26.7 Å². The van der Waals surface area contributed by atoms with E-state index in [-0.39, 0.29) is 50.5 Å². The number of halogens is 2. The highest BCUT2D eigenvalue weighted by Gasteiger charge is 2.09. The molecule has 30 heavy (non-hydrogen) atoms. The van der Waals surface area contributed by atoms with Gasteiger partial charge in [-0.2, -0.15) is 0 Å². The molecular formula is C18H39Cl2N5O5. The molecule has 3 amide bonds. The SMILES string of the molecule is CCCCNC(=O)OCCN(CCNC(=O)CN)CCOC(=O)NCCCC.Cl.Cl. The Bertz CT molecular complexity index is 419. The Hall–Kier alpha value is -1.49. The van der Waals surface area contributed by atoms with Gasteiger partial charge in [0, 0.05) is 39.3 Å². The Morgan fingerprint density at radius 1 is 0.767 bits per heavy atom. The molecule has 0 rings (SSSR count). The van der Waals surface area contributed by atoms with Crippen LogP contribution in [-0.2, 0) is 14.3 Å². The Labute approximate surface area is 192 Å². The zero-order chi connectivity index (χ0) is 21.0. The number of nitrogens with two attached hydrogens (primary N) is 1. The third-order valence-corrected chi connectivity index (χ3v) is 3.82. The second kappa shape index (κ2) is 23.8. The molecule has 0 fully saturated rings. The van der Waals surface area contributed by atoms with Crippen molar-refractivity contribution in [2.24, 2.45) is 5.73 Å². The fraction of sp³-hybridized carbons (Fsp3) is 0.833. The highest BCUT2D eigenvalue weighted by atomic mass is 35.5. The van der Waals surface area contributed by atoms with E-state index in [4.69, 9.17) is 15.2 Å². The van der Waals surface area contributed by atoms with Gasteiger partial charge in [0.25, 0.3) is 0 Å². The molecule has 5 N–H and O–H groups in total. The Morgan fingerprint density at radius 3 is 1.63 bits per heavy atom. The van der Waals surface area contributed by atoms with Gasteiger partial charge in [0.2, 0.25) is 5.91 Å². The van der Waals surface area contributed by atoms with Crippen molar-refractivity contribution in [3.05, 3.63) is 0 Å². The van der Waals surface area contributed by atoms with Gasteiger partial charge in [0.1, 0.15) is 13.2 Å². The summed E-state index contributed by atoms with van der Waals surface area (Å²) in [7, 11) is 0. The van der Waals surface area contributed by atoms with E-state index in [1.54, 1.807) is 0 Å². The lowest BCUT2D eigenvalue weighted by atomic mass is 10.3. The van der Waals surface area contributed by atoms with Gasteiger partial charge in [-0.05, 0) is 12.8 Å². The van der Waals surface area contributed by atoms with Crippen molar-refractivity contribution in [2.45, 2.75) is 39.5 Å². The van der Waals surface area contributed by atoms with Crippen molar-refractivity contribution in [3.63, 3.8) is 0 Å². The van der Waals surface area contributed by atoms with Crippen LogP contribution in [0.2, 0.25) is 0 Å². The molecule has 0 aromatic rings. The second-order valence-electron chi connectivity index (χ2n) is 6.23. The molecule has 180 valence electrons. The molecule has 0 unspecified atom stereocenters. The van der Waals surface area contributed by atoms with E-state index in [1.807, 2.05) is 18.7 Å². The molecule has 12 heteroatoms. The zero-order valence-corrected chi connectivity index (χ0v) is 19.7. The van der Waals surface area contributed by atoms with E-state index in [2.05, 4.69) is 16.0 Å². The van der Waals surface area contributed by atoms with Gasteiger partial charge < -0.3 is 31.2 Å². The first-order chi connectivity index (χ1) is 13.5. The van der Waals surface area contributed by atoms with Crippen LogP contribution in [-0.4, -0.2) is 82.0 Å². The van der Waals surface area contributed by atoms with Crippen LogP contribution >= 0.6 is 24.8 Å². The summed E-state index contributed by atoms with van der Waals surface area (Å²) in [6, 6.07) is 0. The maximum Gasteiger partial charge on any atom is 0.407 e. The average molecular weight is 476 g/mol. The van der Waals surface area contributed by atoms with E-state index in [0.717, 1.165) is 25.7 Å². The minimum absolute atomic E-state index is 0. The maximum absolute atomic E-state index is 11.6. The molecule has 0 spiro atoms. The van der Waals surface area contributed by atoms with Crippen LogP contribution in [0.15, 0.2) is 0 Å². The van der Waals surface area contributed by atoms with E-state index in [9.17, 15) is 14.4 Å². The summed E-state index contributed by atoms with van der Waals surface area (Å²) >= 11 is 0. The summed E-state index contributed by atoms with van der Waals surface area (Å²) in [5, 5.41) is 8.04. The number of ether oxygens (including phenoxy) is 2. The van der Waals surface area contributed by atoms with Gasteiger partial charge in [0.05, 0.1) is 6.54 Å². The number of carbonyl (C=O) groups excluding carboxylic acids is 3. The number of rotatable bonds is 16. The van der Waals surface area contributed by atoms with Gasteiger partial charge >= 0.3 is 12.2 Å². The number of hydrogen-bond acceptors (Lipinski definition) is 7. The van der Waals surface area contributed by atoms with Gasteiger partial charge in [-0.15, -0.1) is 24.8 Å². The Balaban J connectivity index is -0.00000364. The number of nitrogens with zero attached hydrogens (tertiary/aromatic N) is 1. The lowest BCUT2D eigenvalue weighted by molar-refractivity contribution is -0.119. The lowest BCUT2D eigenvalue weighted by Crippen LogP contribution is -2.41. The number of unbranched alkanes of at least 4 members (excludes halogenated alkanes) is 2.